The third-order valence-electron chi connectivity index (χ3n) is 8.13. The SMILES string of the molecule is CCOc1cc([C@@H]2c3sc(=O)[nH]c3S[C@H]3C(=O)N(c4ccc(C)cc4)C(=O)[C@@H]23)ccc1OCC(=O)Nc1ccc2ccccc2c1. The molecule has 3 atom stereocenters. The van der Waals surface area contributed by atoms with Gasteiger partial charge in [-0.15, -0.1) is 0 Å². The number of aromatic amines is 1. The van der Waals surface area contributed by atoms with Crippen LogP contribution in [0.15, 0.2) is 94.7 Å². The topological polar surface area (TPSA) is 118 Å². The van der Waals surface area contributed by atoms with Crippen molar-refractivity contribution in [1.29, 1.82) is 0 Å². The molecule has 0 bridgehead atoms. The van der Waals surface area contributed by atoms with Gasteiger partial charge in [0, 0.05) is 16.5 Å². The fourth-order valence-electron chi connectivity index (χ4n) is 6.04. The van der Waals surface area contributed by atoms with Gasteiger partial charge in [-0.25, -0.2) is 4.90 Å². The van der Waals surface area contributed by atoms with Gasteiger partial charge in [-0.3, -0.25) is 19.2 Å². The minimum absolute atomic E-state index is 0.250. The number of ether oxygens (including phenoxy) is 2. The van der Waals surface area contributed by atoms with E-state index in [1.165, 1.54) is 16.7 Å². The van der Waals surface area contributed by atoms with Crippen LogP contribution in [-0.2, 0) is 14.4 Å². The number of H-pyrrole nitrogens is 1. The lowest BCUT2D eigenvalue weighted by Crippen LogP contribution is -2.32. The van der Waals surface area contributed by atoms with Crippen molar-refractivity contribution in [2.75, 3.05) is 23.4 Å². The molecule has 1 fully saturated rings. The predicted octanol–water partition coefficient (Wildman–Crippen LogP) is 6.11. The molecule has 2 N–H and O–H groups in total. The first kappa shape index (κ1) is 29.8. The Hall–Kier alpha value is -4.87. The maximum Gasteiger partial charge on any atom is 0.305 e. The summed E-state index contributed by atoms with van der Waals surface area (Å²) in [5.74, 6) is -1.50. The highest BCUT2D eigenvalue weighted by atomic mass is 32.2. The summed E-state index contributed by atoms with van der Waals surface area (Å²) in [5, 5.41) is 4.85. The molecular weight excluding hydrogens is 623 g/mol. The van der Waals surface area contributed by atoms with Crippen molar-refractivity contribution in [2.45, 2.75) is 30.0 Å². The van der Waals surface area contributed by atoms with Crippen molar-refractivity contribution in [1.82, 2.24) is 4.98 Å². The Bertz CT molecular complexity index is 2050. The van der Waals surface area contributed by atoms with Crippen LogP contribution in [-0.4, -0.2) is 41.2 Å². The quantitative estimate of drug-likeness (QED) is 0.195. The van der Waals surface area contributed by atoms with E-state index in [-0.39, 0.29) is 29.2 Å². The monoisotopic (exact) mass is 651 g/mol. The fourth-order valence-corrected chi connectivity index (χ4v) is 8.55. The number of anilines is 2. The number of fused-ring (bicyclic) bond motifs is 3. The highest BCUT2D eigenvalue weighted by Crippen LogP contribution is 2.53. The fraction of sp³-hybridized carbons (Fsp3) is 0.200. The van der Waals surface area contributed by atoms with E-state index in [0.29, 0.717) is 44.9 Å². The molecule has 0 radical (unpaired) electrons. The van der Waals surface area contributed by atoms with Crippen LogP contribution >= 0.6 is 23.1 Å². The molecular formula is C35H29N3O6S2. The molecule has 5 aromatic rings. The first-order chi connectivity index (χ1) is 22.3. The summed E-state index contributed by atoms with van der Waals surface area (Å²) in [6.07, 6.45) is 0. The number of aryl methyl sites for hydroxylation is 1. The number of carbonyl (C=O) groups is 3. The number of hydrogen-bond donors (Lipinski definition) is 2. The van der Waals surface area contributed by atoms with Crippen LogP contribution in [0, 0.1) is 12.8 Å². The molecule has 2 aliphatic rings. The van der Waals surface area contributed by atoms with Gasteiger partial charge in [0.1, 0.15) is 5.25 Å². The summed E-state index contributed by atoms with van der Waals surface area (Å²) < 4.78 is 11.8. The van der Waals surface area contributed by atoms with E-state index >= 15 is 0 Å². The zero-order valence-corrected chi connectivity index (χ0v) is 26.6. The van der Waals surface area contributed by atoms with Gasteiger partial charge in [0.25, 0.3) is 5.91 Å². The van der Waals surface area contributed by atoms with E-state index < -0.39 is 17.1 Å². The van der Waals surface area contributed by atoms with Crippen LogP contribution in [0.25, 0.3) is 10.8 Å². The number of thiazole rings is 1. The van der Waals surface area contributed by atoms with Crippen LogP contribution < -0.4 is 24.6 Å². The number of benzene rings is 4. The first-order valence-corrected chi connectivity index (χ1v) is 16.5. The van der Waals surface area contributed by atoms with Gasteiger partial charge in [-0.2, -0.15) is 0 Å². The van der Waals surface area contributed by atoms with Gasteiger partial charge < -0.3 is 19.8 Å². The molecule has 1 saturated heterocycles. The molecule has 3 amide bonds. The van der Waals surface area contributed by atoms with E-state index in [2.05, 4.69) is 10.3 Å². The van der Waals surface area contributed by atoms with Crippen molar-refractivity contribution in [2.24, 2.45) is 5.92 Å². The normalized spacial score (nSPS) is 18.7. The molecule has 0 aliphatic carbocycles. The Morgan fingerprint density at radius 1 is 0.891 bits per heavy atom. The number of hydrogen-bond acceptors (Lipinski definition) is 8. The summed E-state index contributed by atoms with van der Waals surface area (Å²) in [6, 6.07) is 26.1. The molecule has 3 heterocycles. The first-order valence-electron chi connectivity index (χ1n) is 14.8. The molecule has 1 aromatic heterocycles. The Labute approximate surface area is 272 Å². The van der Waals surface area contributed by atoms with Crippen molar-refractivity contribution in [3.05, 3.63) is 111 Å². The third kappa shape index (κ3) is 5.45. The van der Waals surface area contributed by atoms with Crippen molar-refractivity contribution >= 4 is 63.0 Å². The molecule has 0 saturated carbocycles. The number of nitrogens with one attached hydrogen (secondary N) is 2. The zero-order valence-electron chi connectivity index (χ0n) is 24.9. The summed E-state index contributed by atoms with van der Waals surface area (Å²) in [7, 11) is 0. The van der Waals surface area contributed by atoms with Gasteiger partial charge in [0.15, 0.2) is 18.1 Å². The number of aromatic nitrogens is 1. The third-order valence-corrected chi connectivity index (χ3v) is 10.5. The van der Waals surface area contributed by atoms with E-state index in [0.717, 1.165) is 27.7 Å². The van der Waals surface area contributed by atoms with Gasteiger partial charge in [0.05, 0.1) is 23.2 Å². The number of imide groups is 1. The highest BCUT2D eigenvalue weighted by Gasteiger charge is 2.56. The maximum atomic E-state index is 14.0. The Kier molecular flexibility index (Phi) is 7.87. The molecule has 46 heavy (non-hydrogen) atoms. The van der Waals surface area contributed by atoms with E-state index in [1.54, 1.807) is 30.3 Å². The van der Waals surface area contributed by atoms with Crippen molar-refractivity contribution in [3.8, 4) is 11.5 Å². The molecule has 0 unspecified atom stereocenters. The van der Waals surface area contributed by atoms with Gasteiger partial charge >= 0.3 is 4.87 Å². The van der Waals surface area contributed by atoms with E-state index in [9.17, 15) is 19.2 Å². The Balaban J connectivity index is 1.16. The van der Waals surface area contributed by atoms with Crippen molar-refractivity contribution in [3.63, 3.8) is 0 Å². The van der Waals surface area contributed by atoms with E-state index in [1.807, 2.05) is 68.4 Å². The molecule has 232 valence electrons. The highest BCUT2D eigenvalue weighted by molar-refractivity contribution is 8.00. The lowest BCUT2D eigenvalue weighted by atomic mass is 9.83. The minimum atomic E-state index is -0.730. The number of rotatable bonds is 8. The van der Waals surface area contributed by atoms with Gasteiger partial charge in [-0.1, -0.05) is 77.2 Å². The van der Waals surface area contributed by atoms with Crippen molar-refractivity contribution < 1.29 is 23.9 Å². The standard InChI is InChI=1S/C35H29N3O6S2/c1-3-43-26-17-22(11-15-25(26)44-18-27(39)36-23-12-10-20-6-4-5-7-21(20)16-23)28-29-31(45-32-30(28)46-35(42)37-32)34(41)38(33(29)40)24-13-8-19(2)9-14-24/h4-17,28-29,31H,3,18H2,1-2H3,(H,36,39)(H,37,42)/t28-,29-,31+/m0/s1. The Morgan fingerprint density at radius 3 is 2.46 bits per heavy atom. The lowest BCUT2D eigenvalue weighted by Gasteiger charge is -2.30. The van der Waals surface area contributed by atoms with Gasteiger partial charge in [-0.05, 0) is 66.6 Å². The predicted molar refractivity (Wildman–Crippen MR) is 179 cm³/mol. The van der Waals surface area contributed by atoms with Gasteiger partial charge in [0.2, 0.25) is 11.8 Å². The van der Waals surface area contributed by atoms with Crippen LogP contribution in [0.1, 0.15) is 28.8 Å². The molecule has 7 rings (SSSR count). The summed E-state index contributed by atoms with van der Waals surface area (Å²) in [4.78, 5) is 57.6. The number of thioether (sulfide) groups is 1. The van der Waals surface area contributed by atoms with Crippen LogP contribution in [0.2, 0.25) is 0 Å². The average molecular weight is 652 g/mol. The van der Waals surface area contributed by atoms with Crippen LogP contribution in [0.4, 0.5) is 11.4 Å². The molecule has 2 aliphatic heterocycles. The largest absolute Gasteiger partial charge is 0.490 e. The molecule has 4 aromatic carbocycles. The minimum Gasteiger partial charge on any atom is -0.490 e. The summed E-state index contributed by atoms with van der Waals surface area (Å²) >= 11 is 2.28. The van der Waals surface area contributed by atoms with E-state index in [4.69, 9.17) is 9.47 Å². The molecule has 11 heteroatoms. The molecule has 0 spiro atoms. The number of nitrogens with zero attached hydrogens (tertiary/aromatic N) is 1. The zero-order chi connectivity index (χ0) is 31.9. The maximum absolute atomic E-state index is 14.0. The second kappa shape index (κ2) is 12.1. The second-order valence-corrected chi connectivity index (χ2v) is 13.3. The average Bonchev–Trinajstić information content (AvgIpc) is 3.54. The van der Waals surface area contributed by atoms with Crippen LogP contribution in [0.5, 0.6) is 11.5 Å². The summed E-state index contributed by atoms with van der Waals surface area (Å²) in [6.45, 7) is 3.86. The lowest BCUT2D eigenvalue weighted by molar-refractivity contribution is -0.122. The smallest absolute Gasteiger partial charge is 0.305 e. The number of carbonyl (C=O) groups excluding carboxylic acids is 3. The Morgan fingerprint density at radius 2 is 1.67 bits per heavy atom. The number of amides is 3. The molecule has 9 nitrogen and oxygen atoms in total. The second-order valence-electron chi connectivity index (χ2n) is 11.1. The summed E-state index contributed by atoms with van der Waals surface area (Å²) in [5.41, 5.74) is 2.90. The van der Waals surface area contributed by atoms with Crippen LogP contribution in [0.3, 0.4) is 0 Å².